The molecule has 0 atom stereocenters. The Kier molecular flexibility index (Phi) is 6.14. The summed E-state index contributed by atoms with van der Waals surface area (Å²) in [6.07, 6.45) is 3.44. The molecule has 1 amide bonds. The standard InChI is InChI=1S/C22H18FN5OS/c23-18-8-10-19(11-9-18)25-20(29)15-30-22-27-26-21(17-7-4-12-24-13-17)28(22)14-16-5-2-1-3-6-16/h1-13H,14-15H2,(H,25,29). The molecule has 4 rings (SSSR count). The normalized spacial score (nSPS) is 10.7. The van der Waals surface area contributed by atoms with Gasteiger partial charge in [-0.3, -0.25) is 14.3 Å². The van der Waals surface area contributed by atoms with Gasteiger partial charge in [-0.25, -0.2) is 4.39 Å². The minimum atomic E-state index is -0.348. The Morgan fingerprint density at radius 3 is 2.53 bits per heavy atom. The third kappa shape index (κ3) is 4.90. The second kappa shape index (κ2) is 9.32. The number of rotatable bonds is 7. The highest BCUT2D eigenvalue weighted by molar-refractivity contribution is 7.99. The molecular weight excluding hydrogens is 401 g/mol. The molecule has 0 aliphatic heterocycles. The lowest BCUT2D eigenvalue weighted by molar-refractivity contribution is -0.113. The van der Waals surface area contributed by atoms with E-state index in [1.165, 1.54) is 36.0 Å². The van der Waals surface area contributed by atoms with Gasteiger partial charge in [0.25, 0.3) is 0 Å². The zero-order valence-electron chi connectivity index (χ0n) is 15.9. The molecule has 0 unspecified atom stereocenters. The largest absolute Gasteiger partial charge is 0.325 e. The Morgan fingerprint density at radius 1 is 1.00 bits per heavy atom. The monoisotopic (exact) mass is 419 g/mol. The van der Waals surface area contributed by atoms with Crippen LogP contribution in [0.4, 0.5) is 10.1 Å². The van der Waals surface area contributed by atoms with Crippen molar-refractivity contribution >= 4 is 23.4 Å². The quantitative estimate of drug-likeness (QED) is 0.453. The summed E-state index contributed by atoms with van der Waals surface area (Å²) in [5.74, 6) is 0.286. The fraction of sp³-hybridized carbons (Fsp3) is 0.0909. The van der Waals surface area contributed by atoms with E-state index in [9.17, 15) is 9.18 Å². The van der Waals surface area contributed by atoms with E-state index in [1.54, 1.807) is 12.4 Å². The van der Waals surface area contributed by atoms with E-state index in [0.29, 0.717) is 23.2 Å². The number of aromatic nitrogens is 4. The summed E-state index contributed by atoms with van der Waals surface area (Å²) in [4.78, 5) is 16.5. The van der Waals surface area contributed by atoms with Gasteiger partial charge in [0.15, 0.2) is 11.0 Å². The van der Waals surface area contributed by atoms with E-state index < -0.39 is 0 Å². The minimum Gasteiger partial charge on any atom is -0.325 e. The first kappa shape index (κ1) is 19.8. The lowest BCUT2D eigenvalue weighted by Crippen LogP contribution is -2.14. The lowest BCUT2D eigenvalue weighted by atomic mass is 10.2. The van der Waals surface area contributed by atoms with E-state index in [2.05, 4.69) is 20.5 Å². The molecule has 0 bridgehead atoms. The third-order valence-corrected chi connectivity index (χ3v) is 5.25. The van der Waals surface area contributed by atoms with Gasteiger partial charge in [-0.05, 0) is 42.0 Å². The third-order valence-electron chi connectivity index (χ3n) is 4.28. The predicted molar refractivity (Wildman–Crippen MR) is 115 cm³/mol. The summed E-state index contributed by atoms with van der Waals surface area (Å²) in [6.45, 7) is 0.569. The van der Waals surface area contributed by atoms with Gasteiger partial charge in [0, 0.05) is 23.6 Å². The molecule has 2 heterocycles. The van der Waals surface area contributed by atoms with Crippen LogP contribution in [0, 0.1) is 5.82 Å². The Hall–Kier alpha value is -3.52. The molecule has 0 saturated carbocycles. The summed E-state index contributed by atoms with van der Waals surface area (Å²) in [7, 11) is 0. The topological polar surface area (TPSA) is 72.7 Å². The van der Waals surface area contributed by atoms with Gasteiger partial charge in [-0.1, -0.05) is 42.1 Å². The number of carbonyl (C=O) groups is 1. The van der Waals surface area contributed by atoms with E-state index in [-0.39, 0.29) is 17.5 Å². The predicted octanol–water partition coefficient (Wildman–Crippen LogP) is 4.26. The Balaban J connectivity index is 1.52. The summed E-state index contributed by atoms with van der Waals surface area (Å²) >= 11 is 1.30. The summed E-state index contributed by atoms with van der Waals surface area (Å²) < 4.78 is 15.0. The van der Waals surface area contributed by atoms with Crippen LogP contribution in [0.3, 0.4) is 0 Å². The molecule has 0 aliphatic rings. The van der Waals surface area contributed by atoms with Crippen LogP contribution in [0.25, 0.3) is 11.4 Å². The van der Waals surface area contributed by atoms with Gasteiger partial charge in [0.2, 0.25) is 5.91 Å². The van der Waals surface area contributed by atoms with Crippen LogP contribution in [0.1, 0.15) is 5.56 Å². The van der Waals surface area contributed by atoms with Gasteiger partial charge in [0.1, 0.15) is 5.82 Å². The maximum Gasteiger partial charge on any atom is 0.234 e. The fourth-order valence-electron chi connectivity index (χ4n) is 2.87. The van der Waals surface area contributed by atoms with Crippen LogP contribution in [0.5, 0.6) is 0 Å². The van der Waals surface area contributed by atoms with E-state index in [4.69, 9.17) is 0 Å². The molecule has 0 spiro atoms. The molecule has 0 radical (unpaired) electrons. The Labute approximate surface area is 177 Å². The van der Waals surface area contributed by atoms with Crippen LogP contribution in [-0.4, -0.2) is 31.4 Å². The molecule has 150 valence electrons. The van der Waals surface area contributed by atoms with Crippen molar-refractivity contribution in [2.45, 2.75) is 11.7 Å². The number of anilines is 1. The first-order valence-electron chi connectivity index (χ1n) is 9.25. The highest BCUT2D eigenvalue weighted by Gasteiger charge is 2.16. The maximum atomic E-state index is 13.0. The number of halogens is 1. The minimum absolute atomic E-state index is 0.150. The van der Waals surface area contributed by atoms with Gasteiger partial charge in [-0.15, -0.1) is 10.2 Å². The number of pyridine rings is 1. The maximum absolute atomic E-state index is 13.0. The van der Waals surface area contributed by atoms with Crippen LogP contribution < -0.4 is 5.32 Å². The van der Waals surface area contributed by atoms with Gasteiger partial charge < -0.3 is 5.32 Å². The van der Waals surface area contributed by atoms with Crippen molar-refractivity contribution in [3.63, 3.8) is 0 Å². The molecule has 2 aromatic heterocycles. The number of amides is 1. The van der Waals surface area contributed by atoms with Crippen molar-refractivity contribution in [2.75, 3.05) is 11.1 Å². The lowest BCUT2D eigenvalue weighted by Gasteiger charge is -2.10. The average molecular weight is 419 g/mol. The van der Waals surface area contributed by atoms with Gasteiger partial charge in [0.05, 0.1) is 12.3 Å². The summed E-state index contributed by atoms with van der Waals surface area (Å²) in [5.41, 5.74) is 2.49. The highest BCUT2D eigenvalue weighted by Crippen LogP contribution is 2.25. The van der Waals surface area contributed by atoms with E-state index in [1.807, 2.05) is 47.0 Å². The van der Waals surface area contributed by atoms with Crippen molar-refractivity contribution in [2.24, 2.45) is 0 Å². The van der Waals surface area contributed by atoms with Crippen LogP contribution in [0.15, 0.2) is 84.3 Å². The molecule has 6 nitrogen and oxygen atoms in total. The molecule has 1 N–H and O–H groups in total. The number of benzene rings is 2. The number of hydrogen-bond acceptors (Lipinski definition) is 5. The van der Waals surface area contributed by atoms with E-state index in [0.717, 1.165) is 11.1 Å². The molecule has 30 heavy (non-hydrogen) atoms. The molecule has 4 aromatic rings. The van der Waals surface area contributed by atoms with Crippen LogP contribution in [-0.2, 0) is 11.3 Å². The fourth-order valence-corrected chi connectivity index (χ4v) is 3.61. The average Bonchev–Trinajstić information content (AvgIpc) is 3.17. The number of thioether (sulfide) groups is 1. The summed E-state index contributed by atoms with van der Waals surface area (Å²) in [5, 5.41) is 12.0. The van der Waals surface area contributed by atoms with Crippen molar-refractivity contribution in [3.05, 3.63) is 90.5 Å². The zero-order chi connectivity index (χ0) is 20.8. The molecule has 2 aromatic carbocycles. The Bertz CT molecular complexity index is 1120. The summed E-state index contributed by atoms with van der Waals surface area (Å²) in [6, 6.07) is 19.4. The SMILES string of the molecule is O=C(CSc1nnc(-c2cccnc2)n1Cc1ccccc1)Nc1ccc(F)cc1. The van der Waals surface area contributed by atoms with Crippen molar-refractivity contribution in [1.29, 1.82) is 0 Å². The number of nitrogens with one attached hydrogen (secondary N) is 1. The van der Waals surface area contributed by atoms with Gasteiger partial charge >= 0.3 is 0 Å². The Morgan fingerprint density at radius 2 is 1.80 bits per heavy atom. The number of hydrogen-bond donors (Lipinski definition) is 1. The first-order chi connectivity index (χ1) is 14.7. The first-order valence-corrected chi connectivity index (χ1v) is 10.2. The highest BCUT2D eigenvalue weighted by atomic mass is 32.2. The zero-order valence-corrected chi connectivity index (χ0v) is 16.7. The smallest absolute Gasteiger partial charge is 0.234 e. The molecule has 0 saturated heterocycles. The van der Waals surface area contributed by atoms with Crippen LogP contribution in [0.2, 0.25) is 0 Å². The van der Waals surface area contributed by atoms with Crippen molar-refractivity contribution in [1.82, 2.24) is 19.7 Å². The molecule has 0 fully saturated rings. The number of nitrogens with zero attached hydrogens (tertiary/aromatic N) is 4. The molecule has 8 heteroatoms. The van der Waals surface area contributed by atoms with Crippen molar-refractivity contribution in [3.8, 4) is 11.4 Å². The molecule has 0 aliphatic carbocycles. The number of carbonyl (C=O) groups excluding carboxylic acids is 1. The van der Waals surface area contributed by atoms with Crippen LogP contribution >= 0.6 is 11.8 Å². The van der Waals surface area contributed by atoms with E-state index >= 15 is 0 Å². The second-order valence-electron chi connectivity index (χ2n) is 6.46. The second-order valence-corrected chi connectivity index (χ2v) is 7.41. The van der Waals surface area contributed by atoms with Gasteiger partial charge in [-0.2, -0.15) is 0 Å². The molecular formula is C22H18FN5OS. The van der Waals surface area contributed by atoms with Crippen molar-refractivity contribution < 1.29 is 9.18 Å².